The zero-order valence-corrected chi connectivity index (χ0v) is 20.8. The highest BCUT2D eigenvalue weighted by Gasteiger charge is 2.26. The van der Waals surface area contributed by atoms with Crippen LogP contribution in [0, 0.1) is 16.0 Å². The van der Waals surface area contributed by atoms with E-state index in [1.807, 2.05) is 31.2 Å². The summed E-state index contributed by atoms with van der Waals surface area (Å²) in [5.74, 6) is 0.405. The first-order valence-electron chi connectivity index (χ1n) is 11.9. The van der Waals surface area contributed by atoms with Crippen molar-refractivity contribution in [2.75, 3.05) is 25.0 Å². The number of aromatic nitrogens is 1. The van der Waals surface area contributed by atoms with E-state index in [1.54, 1.807) is 29.7 Å². The topological polar surface area (TPSA) is 100 Å². The molecule has 0 spiro atoms. The third-order valence-electron chi connectivity index (χ3n) is 6.55. The van der Waals surface area contributed by atoms with Crippen molar-refractivity contribution in [3.63, 3.8) is 0 Å². The molecular weight excluding hydrogens is 462 g/mol. The van der Waals surface area contributed by atoms with Crippen LogP contribution in [0.1, 0.15) is 59.7 Å². The van der Waals surface area contributed by atoms with Crippen LogP contribution in [-0.4, -0.2) is 40.3 Å². The Morgan fingerprint density at radius 2 is 2.03 bits per heavy atom. The maximum Gasteiger partial charge on any atom is 0.293 e. The minimum absolute atomic E-state index is 0.0987. The van der Waals surface area contributed by atoms with E-state index in [4.69, 9.17) is 0 Å². The number of nitrogens with one attached hydrogen (secondary N) is 2. The molecule has 1 amide bonds. The number of hydrogen-bond acceptors (Lipinski definition) is 7. The summed E-state index contributed by atoms with van der Waals surface area (Å²) in [6, 6.07) is 14.1. The fourth-order valence-corrected chi connectivity index (χ4v) is 5.27. The summed E-state index contributed by atoms with van der Waals surface area (Å²) < 4.78 is 0. The maximum absolute atomic E-state index is 13.0. The Morgan fingerprint density at radius 1 is 1.23 bits per heavy atom. The molecule has 3 aromatic rings. The molecule has 184 valence electrons. The van der Waals surface area contributed by atoms with E-state index < -0.39 is 4.92 Å². The second-order valence-electron chi connectivity index (χ2n) is 9.07. The Bertz CT molecular complexity index is 1130. The van der Waals surface area contributed by atoms with Crippen LogP contribution in [0.5, 0.6) is 0 Å². The first-order valence-corrected chi connectivity index (χ1v) is 12.8. The number of nitro benzene ring substituents is 1. The van der Waals surface area contributed by atoms with Crippen molar-refractivity contribution in [2.45, 2.75) is 38.8 Å². The van der Waals surface area contributed by atoms with E-state index >= 15 is 0 Å². The van der Waals surface area contributed by atoms with Crippen LogP contribution in [0.4, 0.5) is 11.4 Å². The number of anilines is 1. The highest BCUT2D eigenvalue weighted by atomic mass is 32.1. The quantitative estimate of drug-likeness (QED) is 0.305. The molecule has 3 heterocycles. The summed E-state index contributed by atoms with van der Waals surface area (Å²) in [6.07, 6.45) is 3.98. The third-order valence-corrected chi connectivity index (χ3v) is 7.52. The molecule has 1 aromatic carbocycles. The van der Waals surface area contributed by atoms with E-state index in [1.165, 1.54) is 10.9 Å². The highest BCUT2D eigenvalue weighted by molar-refractivity contribution is 7.10. The minimum atomic E-state index is -0.465. The third kappa shape index (κ3) is 6.23. The van der Waals surface area contributed by atoms with E-state index in [2.05, 4.69) is 38.9 Å². The number of benzene rings is 1. The number of nitrogens with zero attached hydrogens (tertiary/aromatic N) is 3. The number of piperidine rings is 1. The minimum Gasteiger partial charge on any atom is -0.371 e. The molecule has 9 heteroatoms. The molecule has 2 aromatic heterocycles. The van der Waals surface area contributed by atoms with Crippen LogP contribution in [0.2, 0.25) is 0 Å². The van der Waals surface area contributed by atoms with Gasteiger partial charge in [0.1, 0.15) is 5.69 Å². The van der Waals surface area contributed by atoms with E-state index in [0.717, 1.165) is 37.5 Å². The van der Waals surface area contributed by atoms with E-state index in [-0.39, 0.29) is 29.2 Å². The highest BCUT2D eigenvalue weighted by Crippen LogP contribution is 2.31. The number of thiophene rings is 1. The molecule has 4 rings (SSSR count). The lowest BCUT2D eigenvalue weighted by molar-refractivity contribution is -0.384. The van der Waals surface area contributed by atoms with Crippen molar-refractivity contribution in [3.8, 4) is 0 Å². The fraction of sp³-hybridized carbons (Fsp3) is 0.385. The fourth-order valence-electron chi connectivity index (χ4n) is 4.41. The van der Waals surface area contributed by atoms with Crippen molar-refractivity contribution in [2.24, 2.45) is 5.92 Å². The van der Waals surface area contributed by atoms with Gasteiger partial charge >= 0.3 is 0 Å². The molecule has 35 heavy (non-hydrogen) atoms. The average molecular weight is 494 g/mol. The molecule has 1 saturated heterocycles. The molecule has 0 bridgehead atoms. The summed E-state index contributed by atoms with van der Waals surface area (Å²) in [6.45, 7) is 6.62. The lowest BCUT2D eigenvalue weighted by Crippen LogP contribution is -2.41. The van der Waals surface area contributed by atoms with Crippen molar-refractivity contribution in [1.82, 2.24) is 15.2 Å². The van der Waals surface area contributed by atoms with Gasteiger partial charge in [0.25, 0.3) is 11.6 Å². The van der Waals surface area contributed by atoms with Gasteiger partial charge in [-0.05, 0) is 74.5 Å². The SMILES string of the molecule is CC1CCN(C(CNC(=O)c2ccc(NC(C)c3ccccn3)c([N+](=O)[O-])c2)c2cccs2)CC1. The predicted molar refractivity (Wildman–Crippen MR) is 139 cm³/mol. The number of hydrogen-bond donors (Lipinski definition) is 2. The van der Waals surface area contributed by atoms with E-state index in [9.17, 15) is 14.9 Å². The molecule has 0 saturated carbocycles. The summed E-state index contributed by atoms with van der Waals surface area (Å²) in [7, 11) is 0. The summed E-state index contributed by atoms with van der Waals surface area (Å²) in [4.78, 5) is 32.3. The smallest absolute Gasteiger partial charge is 0.293 e. The number of rotatable bonds is 9. The van der Waals surface area contributed by atoms with Crippen molar-refractivity contribution < 1.29 is 9.72 Å². The number of likely N-dealkylation sites (tertiary alicyclic amines) is 1. The van der Waals surface area contributed by atoms with Gasteiger partial charge in [0.05, 0.1) is 22.7 Å². The molecular formula is C26H31N5O3S. The first-order chi connectivity index (χ1) is 16.9. The van der Waals surface area contributed by atoms with Gasteiger partial charge < -0.3 is 10.6 Å². The van der Waals surface area contributed by atoms with Gasteiger partial charge in [-0.15, -0.1) is 11.3 Å². The monoisotopic (exact) mass is 493 g/mol. The second kappa shape index (κ2) is 11.4. The molecule has 0 aliphatic carbocycles. The van der Waals surface area contributed by atoms with Crippen LogP contribution in [0.3, 0.4) is 0 Å². The Balaban J connectivity index is 1.46. The van der Waals surface area contributed by atoms with Gasteiger partial charge in [-0.2, -0.15) is 0 Å². The van der Waals surface area contributed by atoms with Gasteiger partial charge in [-0.25, -0.2) is 0 Å². The number of nitro groups is 1. The van der Waals surface area contributed by atoms with Gasteiger partial charge in [0, 0.05) is 29.2 Å². The normalized spacial score (nSPS) is 16.4. The molecule has 2 atom stereocenters. The summed E-state index contributed by atoms with van der Waals surface area (Å²) in [5.41, 5.74) is 1.25. The number of amides is 1. The largest absolute Gasteiger partial charge is 0.371 e. The van der Waals surface area contributed by atoms with E-state index in [0.29, 0.717) is 12.2 Å². The Hall–Kier alpha value is -3.30. The zero-order valence-electron chi connectivity index (χ0n) is 20.0. The van der Waals surface area contributed by atoms with Gasteiger partial charge in [0.2, 0.25) is 0 Å². The lowest BCUT2D eigenvalue weighted by Gasteiger charge is -2.36. The molecule has 2 unspecified atom stereocenters. The number of carbonyl (C=O) groups is 1. The van der Waals surface area contributed by atoms with Gasteiger partial charge in [-0.3, -0.25) is 24.8 Å². The Kier molecular flexibility index (Phi) is 8.09. The van der Waals surface area contributed by atoms with Crippen molar-refractivity contribution in [3.05, 3.63) is 86.4 Å². The zero-order chi connectivity index (χ0) is 24.8. The maximum atomic E-state index is 13.0. The number of carbonyl (C=O) groups excluding carboxylic acids is 1. The van der Waals surface area contributed by atoms with Crippen LogP contribution >= 0.6 is 11.3 Å². The van der Waals surface area contributed by atoms with Crippen LogP contribution in [0.15, 0.2) is 60.1 Å². The predicted octanol–water partition coefficient (Wildman–Crippen LogP) is 5.43. The molecule has 1 aliphatic rings. The molecule has 2 N–H and O–H groups in total. The Labute approximate surface area is 209 Å². The van der Waals surface area contributed by atoms with Crippen LogP contribution in [0.25, 0.3) is 0 Å². The van der Waals surface area contributed by atoms with Gasteiger partial charge in [-0.1, -0.05) is 19.1 Å². The van der Waals surface area contributed by atoms with Crippen molar-refractivity contribution in [1.29, 1.82) is 0 Å². The van der Waals surface area contributed by atoms with Gasteiger partial charge in [0.15, 0.2) is 0 Å². The first kappa shape index (κ1) is 24.8. The molecule has 8 nitrogen and oxygen atoms in total. The van der Waals surface area contributed by atoms with Crippen molar-refractivity contribution >= 4 is 28.6 Å². The number of pyridine rings is 1. The van der Waals surface area contributed by atoms with Crippen LogP contribution in [-0.2, 0) is 0 Å². The second-order valence-corrected chi connectivity index (χ2v) is 10.0. The Morgan fingerprint density at radius 3 is 2.69 bits per heavy atom. The molecule has 1 fully saturated rings. The lowest BCUT2D eigenvalue weighted by atomic mass is 9.97. The average Bonchev–Trinajstić information content (AvgIpc) is 3.40. The standard InChI is InChI=1S/C26H31N5O3S/c1-18-10-13-30(14-11-18)24(25-7-5-15-35-25)17-28-26(32)20-8-9-22(23(16-20)31(33)34)29-19(2)21-6-3-4-12-27-21/h3-9,12,15-16,18-19,24,29H,10-11,13-14,17H2,1-2H3,(H,28,32). The van der Waals surface area contributed by atoms with Crippen LogP contribution < -0.4 is 10.6 Å². The summed E-state index contributed by atoms with van der Waals surface area (Å²) in [5, 5.41) is 20.0. The summed E-state index contributed by atoms with van der Waals surface area (Å²) >= 11 is 1.69. The molecule has 0 radical (unpaired) electrons. The molecule has 1 aliphatic heterocycles.